The van der Waals surface area contributed by atoms with Crippen molar-refractivity contribution >= 4 is 44.1 Å². The molecule has 0 saturated heterocycles. The summed E-state index contributed by atoms with van der Waals surface area (Å²) in [6, 6.07) is 11.8. The lowest BCUT2D eigenvalue weighted by Gasteiger charge is -2.26. The number of aromatic nitrogens is 3. The van der Waals surface area contributed by atoms with Crippen LogP contribution in [0.25, 0.3) is 0 Å². The summed E-state index contributed by atoms with van der Waals surface area (Å²) in [5.74, 6) is 0.468. The van der Waals surface area contributed by atoms with Crippen LogP contribution in [0, 0.1) is 0 Å². The number of pyridine rings is 1. The molecule has 0 unspecified atom stereocenters. The number of benzene rings is 1. The van der Waals surface area contributed by atoms with Gasteiger partial charge in [-0.25, -0.2) is 4.98 Å². The maximum atomic E-state index is 12.1. The number of rotatable bonds is 6. The molecule has 26 heavy (non-hydrogen) atoms. The molecule has 3 rings (SSSR count). The maximum Gasteiger partial charge on any atom is 0.259 e. The molecule has 0 saturated carbocycles. The Hall–Kier alpha value is -2.32. The number of carbonyl (C=O) groups is 1. The Morgan fingerprint density at radius 1 is 1.27 bits per heavy atom. The van der Waals surface area contributed by atoms with Crippen molar-refractivity contribution in [2.45, 2.75) is 19.3 Å². The van der Waals surface area contributed by atoms with Crippen LogP contribution < -0.4 is 10.6 Å². The zero-order chi connectivity index (χ0) is 18.6. The molecule has 3 aromatic rings. The molecule has 0 aliphatic carbocycles. The third-order valence-electron chi connectivity index (χ3n) is 3.92. The first kappa shape index (κ1) is 18.5. The molecule has 2 aromatic heterocycles. The first-order valence-electron chi connectivity index (χ1n) is 7.97. The molecule has 1 amide bonds. The minimum atomic E-state index is -0.254. The number of anilines is 2. The number of nitrogens with zero attached hydrogens (tertiary/aromatic N) is 3. The Labute approximate surface area is 164 Å². The van der Waals surface area contributed by atoms with E-state index in [-0.39, 0.29) is 11.3 Å². The van der Waals surface area contributed by atoms with Crippen LogP contribution in [0.4, 0.5) is 10.9 Å². The molecule has 0 aliphatic heterocycles. The number of amides is 1. The van der Waals surface area contributed by atoms with E-state index in [4.69, 9.17) is 0 Å². The third kappa shape index (κ3) is 4.64. The zero-order valence-electron chi connectivity index (χ0n) is 14.4. The van der Waals surface area contributed by atoms with Gasteiger partial charge in [-0.15, -0.1) is 10.2 Å². The van der Waals surface area contributed by atoms with Crippen molar-refractivity contribution in [3.05, 3.63) is 63.7 Å². The summed E-state index contributed by atoms with van der Waals surface area (Å²) in [5, 5.41) is 14.0. The van der Waals surface area contributed by atoms with Crippen molar-refractivity contribution in [3.63, 3.8) is 0 Å². The third-order valence-corrected chi connectivity index (χ3v) is 5.02. The highest BCUT2D eigenvalue weighted by Crippen LogP contribution is 2.26. The van der Waals surface area contributed by atoms with Crippen molar-refractivity contribution in [2.75, 3.05) is 17.2 Å². The van der Waals surface area contributed by atoms with Crippen molar-refractivity contribution < 1.29 is 4.79 Å². The van der Waals surface area contributed by atoms with Gasteiger partial charge in [-0.3, -0.25) is 10.1 Å². The van der Waals surface area contributed by atoms with Crippen molar-refractivity contribution in [3.8, 4) is 0 Å². The minimum Gasteiger partial charge on any atom is -0.369 e. The topological polar surface area (TPSA) is 79.8 Å². The highest BCUT2D eigenvalue weighted by molar-refractivity contribution is 9.10. The predicted molar refractivity (Wildman–Crippen MR) is 108 cm³/mol. The van der Waals surface area contributed by atoms with Gasteiger partial charge in [-0.2, -0.15) is 0 Å². The smallest absolute Gasteiger partial charge is 0.259 e. The SMILES string of the molecule is CC(C)(CNc1ccc(C(=O)Nc2nncs2)cn1)c1cccc(Br)c1. The lowest BCUT2D eigenvalue weighted by Crippen LogP contribution is -2.28. The van der Waals surface area contributed by atoms with E-state index in [0.717, 1.165) is 10.3 Å². The normalized spacial score (nSPS) is 11.2. The van der Waals surface area contributed by atoms with E-state index in [1.54, 1.807) is 23.8 Å². The van der Waals surface area contributed by atoms with Gasteiger partial charge in [0.1, 0.15) is 11.3 Å². The Morgan fingerprint density at radius 2 is 2.12 bits per heavy atom. The van der Waals surface area contributed by atoms with Gasteiger partial charge in [0.05, 0.1) is 5.56 Å². The fourth-order valence-corrected chi connectivity index (χ4v) is 3.19. The quantitative estimate of drug-likeness (QED) is 0.606. The summed E-state index contributed by atoms with van der Waals surface area (Å²) in [5.41, 5.74) is 3.19. The molecular formula is C18H18BrN5OS. The molecule has 2 N–H and O–H groups in total. The van der Waals surface area contributed by atoms with Gasteiger partial charge in [0.2, 0.25) is 5.13 Å². The summed E-state index contributed by atoms with van der Waals surface area (Å²) in [6.07, 6.45) is 1.55. The summed E-state index contributed by atoms with van der Waals surface area (Å²) in [4.78, 5) is 16.4. The molecule has 2 heterocycles. The molecule has 0 atom stereocenters. The number of hydrogen-bond acceptors (Lipinski definition) is 6. The van der Waals surface area contributed by atoms with Crippen LogP contribution in [0.2, 0.25) is 0 Å². The Kier molecular flexibility index (Phi) is 5.63. The van der Waals surface area contributed by atoms with Gasteiger partial charge >= 0.3 is 0 Å². The van der Waals surface area contributed by atoms with Crippen LogP contribution in [0.1, 0.15) is 29.8 Å². The molecule has 0 spiro atoms. The molecule has 6 nitrogen and oxygen atoms in total. The summed E-state index contributed by atoms with van der Waals surface area (Å²) >= 11 is 4.78. The van der Waals surface area contributed by atoms with Gasteiger partial charge in [-0.1, -0.05) is 53.2 Å². The molecule has 134 valence electrons. The van der Waals surface area contributed by atoms with Crippen LogP contribution >= 0.6 is 27.3 Å². The van der Waals surface area contributed by atoms with Crippen molar-refractivity contribution in [2.24, 2.45) is 0 Å². The van der Waals surface area contributed by atoms with E-state index in [2.05, 4.69) is 67.7 Å². The van der Waals surface area contributed by atoms with Crippen LogP contribution in [0.5, 0.6) is 0 Å². The summed E-state index contributed by atoms with van der Waals surface area (Å²) < 4.78 is 1.06. The average molecular weight is 432 g/mol. The Bertz CT molecular complexity index is 881. The first-order valence-corrected chi connectivity index (χ1v) is 9.65. The molecule has 0 bridgehead atoms. The van der Waals surface area contributed by atoms with E-state index in [0.29, 0.717) is 17.2 Å². The fourth-order valence-electron chi connectivity index (χ4n) is 2.35. The number of nitrogens with one attached hydrogen (secondary N) is 2. The van der Waals surface area contributed by atoms with E-state index >= 15 is 0 Å². The number of halogens is 1. The zero-order valence-corrected chi connectivity index (χ0v) is 16.8. The second-order valence-electron chi connectivity index (χ2n) is 6.38. The predicted octanol–water partition coefficient (Wildman–Crippen LogP) is 4.34. The van der Waals surface area contributed by atoms with Gasteiger partial charge in [0.15, 0.2) is 0 Å². The Balaban J connectivity index is 1.61. The summed E-state index contributed by atoms with van der Waals surface area (Å²) in [6.45, 7) is 5.06. The van der Waals surface area contributed by atoms with Gasteiger partial charge in [0.25, 0.3) is 5.91 Å². The van der Waals surface area contributed by atoms with Crippen LogP contribution in [-0.4, -0.2) is 27.6 Å². The van der Waals surface area contributed by atoms with E-state index < -0.39 is 0 Å². The molecule has 0 fully saturated rings. The lowest BCUT2D eigenvalue weighted by atomic mass is 9.84. The van der Waals surface area contributed by atoms with Gasteiger partial charge in [0, 0.05) is 22.6 Å². The van der Waals surface area contributed by atoms with Gasteiger partial charge in [-0.05, 0) is 29.8 Å². The highest BCUT2D eigenvalue weighted by Gasteiger charge is 2.20. The van der Waals surface area contributed by atoms with Crippen molar-refractivity contribution in [1.29, 1.82) is 0 Å². The lowest BCUT2D eigenvalue weighted by molar-refractivity contribution is 0.102. The second kappa shape index (κ2) is 7.92. The molecule has 0 aliphatic rings. The van der Waals surface area contributed by atoms with E-state index in [1.807, 2.05) is 12.1 Å². The Morgan fingerprint density at radius 3 is 2.77 bits per heavy atom. The van der Waals surface area contributed by atoms with Crippen LogP contribution in [0.15, 0.2) is 52.6 Å². The molecular weight excluding hydrogens is 414 g/mol. The molecule has 8 heteroatoms. The van der Waals surface area contributed by atoms with Crippen molar-refractivity contribution in [1.82, 2.24) is 15.2 Å². The second-order valence-corrected chi connectivity index (χ2v) is 8.13. The standard InChI is InChI=1S/C18H18BrN5OS/c1-18(2,13-4-3-5-14(19)8-13)10-21-15-7-6-12(9-20-15)16(25)23-17-24-22-11-26-17/h3-9,11H,10H2,1-2H3,(H,20,21)(H,23,24,25). The summed E-state index contributed by atoms with van der Waals surface area (Å²) in [7, 11) is 0. The molecule has 1 aromatic carbocycles. The number of hydrogen-bond donors (Lipinski definition) is 2. The highest BCUT2D eigenvalue weighted by atomic mass is 79.9. The monoisotopic (exact) mass is 431 g/mol. The van der Waals surface area contributed by atoms with E-state index in [9.17, 15) is 4.79 Å². The van der Waals surface area contributed by atoms with E-state index in [1.165, 1.54) is 16.9 Å². The van der Waals surface area contributed by atoms with Crippen LogP contribution in [-0.2, 0) is 5.41 Å². The maximum absolute atomic E-state index is 12.1. The first-order chi connectivity index (χ1) is 12.4. The van der Waals surface area contributed by atoms with Gasteiger partial charge < -0.3 is 5.32 Å². The number of carbonyl (C=O) groups excluding carboxylic acids is 1. The minimum absolute atomic E-state index is 0.0701. The average Bonchev–Trinajstić information content (AvgIpc) is 3.13. The largest absolute Gasteiger partial charge is 0.369 e. The molecule has 0 radical (unpaired) electrons. The van der Waals surface area contributed by atoms with Crippen LogP contribution in [0.3, 0.4) is 0 Å². The fraction of sp³-hybridized carbons (Fsp3) is 0.222.